The van der Waals surface area contributed by atoms with Gasteiger partial charge in [-0.2, -0.15) is 0 Å². The van der Waals surface area contributed by atoms with E-state index in [0.29, 0.717) is 17.1 Å². The van der Waals surface area contributed by atoms with Gasteiger partial charge >= 0.3 is 0 Å². The van der Waals surface area contributed by atoms with Crippen LogP contribution in [0.1, 0.15) is 17.2 Å². The Kier molecular flexibility index (Phi) is 7.71. The van der Waals surface area contributed by atoms with Gasteiger partial charge in [0.15, 0.2) is 11.5 Å². The maximum absolute atomic E-state index is 5.73. The van der Waals surface area contributed by atoms with Crippen LogP contribution in [0.4, 0.5) is 0 Å². The summed E-state index contributed by atoms with van der Waals surface area (Å²) in [6.07, 6.45) is 20.8. The maximum atomic E-state index is 5.73. The number of benzene rings is 1. The summed E-state index contributed by atoms with van der Waals surface area (Å²) in [5.74, 6) is 10.4. The standard InChI is InChI=1S/C19H17NO3/c1-5-9-21-17-13-16(18(14-20)22-10-6-2)12-15(8-4)19(17)23-11-7-3/h1-4,12-13,18H,9-11,14,20H2. The van der Waals surface area contributed by atoms with Crippen molar-refractivity contribution in [1.29, 1.82) is 0 Å². The highest BCUT2D eigenvalue weighted by Gasteiger charge is 2.18. The van der Waals surface area contributed by atoms with Crippen LogP contribution in [0, 0.1) is 49.4 Å². The summed E-state index contributed by atoms with van der Waals surface area (Å²) in [7, 11) is 0. The summed E-state index contributed by atoms with van der Waals surface area (Å²) in [5.41, 5.74) is 6.91. The zero-order valence-electron chi connectivity index (χ0n) is 12.7. The zero-order valence-corrected chi connectivity index (χ0v) is 12.7. The van der Waals surface area contributed by atoms with Crippen molar-refractivity contribution in [2.24, 2.45) is 5.73 Å². The summed E-state index contributed by atoms with van der Waals surface area (Å²) in [5, 5.41) is 0. The van der Waals surface area contributed by atoms with Crippen LogP contribution in [0.15, 0.2) is 12.1 Å². The molecule has 1 aromatic rings. The number of hydrogen-bond acceptors (Lipinski definition) is 4. The first-order valence-electron chi connectivity index (χ1n) is 6.74. The molecule has 0 spiro atoms. The lowest BCUT2D eigenvalue weighted by molar-refractivity contribution is 0.0842. The molecule has 0 aliphatic rings. The summed E-state index contributed by atoms with van der Waals surface area (Å²) in [4.78, 5) is 0. The van der Waals surface area contributed by atoms with E-state index in [1.54, 1.807) is 12.1 Å². The van der Waals surface area contributed by atoms with Gasteiger partial charge in [-0.05, 0) is 17.7 Å². The largest absolute Gasteiger partial charge is 0.477 e. The molecule has 0 saturated carbocycles. The van der Waals surface area contributed by atoms with Crippen LogP contribution in [0.3, 0.4) is 0 Å². The Morgan fingerprint density at radius 3 is 2.17 bits per heavy atom. The van der Waals surface area contributed by atoms with Gasteiger partial charge in [0, 0.05) is 6.54 Å². The van der Waals surface area contributed by atoms with Gasteiger partial charge in [0.25, 0.3) is 0 Å². The number of hydrogen-bond donors (Lipinski definition) is 1. The fraction of sp³-hybridized carbons (Fsp3) is 0.263. The van der Waals surface area contributed by atoms with Crippen LogP contribution in [-0.2, 0) is 4.74 Å². The van der Waals surface area contributed by atoms with Crippen molar-refractivity contribution in [1.82, 2.24) is 0 Å². The minimum Gasteiger partial charge on any atom is -0.477 e. The zero-order chi connectivity index (χ0) is 17.1. The van der Waals surface area contributed by atoms with E-state index in [2.05, 4.69) is 23.7 Å². The molecule has 0 aromatic heterocycles. The predicted octanol–water partition coefficient (Wildman–Crippen LogP) is 1.34. The topological polar surface area (TPSA) is 53.7 Å². The molecule has 0 radical (unpaired) electrons. The lowest BCUT2D eigenvalue weighted by Crippen LogP contribution is -2.17. The van der Waals surface area contributed by atoms with Gasteiger partial charge in [-0.25, -0.2) is 0 Å². The molecule has 1 aromatic carbocycles. The van der Waals surface area contributed by atoms with E-state index in [1.165, 1.54) is 0 Å². The van der Waals surface area contributed by atoms with Crippen molar-refractivity contribution in [3.63, 3.8) is 0 Å². The Morgan fingerprint density at radius 2 is 1.61 bits per heavy atom. The first-order valence-corrected chi connectivity index (χ1v) is 6.74. The second kappa shape index (κ2) is 9.83. The molecule has 0 amide bonds. The van der Waals surface area contributed by atoms with Crippen LogP contribution in [0.25, 0.3) is 0 Å². The van der Waals surface area contributed by atoms with Crippen molar-refractivity contribution in [2.45, 2.75) is 6.10 Å². The van der Waals surface area contributed by atoms with Gasteiger partial charge in [-0.1, -0.05) is 23.7 Å². The van der Waals surface area contributed by atoms with Gasteiger partial charge in [0.05, 0.1) is 11.7 Å². The maximum Gasteiger partial charge on any atom is 0.178 e. The van der Waals surface area contributed by atoms with Gasteiger partial charge < -0.3 is 19.9 Å². The van der Waals surface area contributed by atoms with Crippen molar-refractivity contribution >= 4 is 0 Å². The fourth-order valence-electron chi connectivity index (χ4n) is 1.86. The van der Waals surface area contributed by atoms with E-state index >= 15 is 0 Å². The number of rotatable bonds is 8. The van der Waals surface area contributed by atoms with E-state index in [9.17, 15) is 0 Å². The molecule has 0 heterocycles. The van der Waals surface area contributed by atoms with Crippen LogP contribution in [0.5, 0.6) is 11.5 Å². The third-order valence-corrected chi connectivity index (χ3v) is 2.80. The van der Waals surface area contributed by atoms with E-state index in [1.807, 2.05) is 0 Å². The minimum atomic E-state index is -0.423. The molecule has 23 heavy (non-hydrogen) atoms. The van der Waals surface area contributed by atoms with Gasteiger partial charge in [0.1, 0.15) is 19.8 Å². The molecule has 0 aliphatic carbocycles. The van der Waals surface area contributed by atoms with Crippen LogP contribution >= 0.6 is 0 Å². The normalized spacial score (nSPS) is 10.5. The van der Waals surface area contributed by atoms with E-state index in [-0.39, 0.29) is 26.4 Å². The van der Waals surface area contributed by atoms with E-state index in [0.717, 1.165) is 5.56 Å². The fourth-order valence-corrected chi connectivity index (χ4v) is 1.86. The Balaban J connectivity index is 3.29. The molecule has 0 aliphatic heterocycles. The molecule has 0 bridgehead atoms. The van der Waals surface area contributed by atoms with Gasteiger partial charge in [-0.15, -0.1) is 25.7 Å². The molecule has 0 fully saturated rings. The van der Waals surface area contributed by atoms with Crippen molar-refractivity contribution < 1.29 is 14.2 Å². The molecule has 4 nitrogen and oxygen atoms in total. The highest BCUT2D eigenvalue weighted by Crippen LogP contribution is 2.35. The molecule has 1 rings (SSSR count). The van der Waals surface area contributed by atoms with Crippen molar-refractivity contribution in [3.8, 4) is 60.9 Å². The highest BCUT2D eigenvalue weighted by molar-refractivity contribution is 5.56. The molecule has 2 N–H and O–H groups in total. The number of terminal acetylenes is 4. The predicted molar refractivity (Wildman–Crippen MR) is 89.6 cm³/mol. The molecule has 1 unspecified atom stereocenters. The molecule has 1 atom stereocenters. The molecular formula is C19H17NO3. The lowest BCUT2D eigenvalue weighted by Gasteiger charge is -2.19. The Morgan fingerprint density at radius 1 is 0.957 bits per heavy atom. The quantitative estimate of drug-likeness (QED) is 0.737. The summed E-state index contributed by atoms with van der Waals surface area (Å²) in [6.45, 7) is 0.459. The van der Waals surface area contributed by atoms with Crippen LogP contribution < -0.4 is 15.2 Å². The second-order valence-corrected chi connectivity index (χ2v) is 4.27. The average Bonchev–Trinajstić information content (AvgIpc) is 2.58. The SMILES string of the molecule is C#CCOc1cc(C(CN)OCC#C)cc(C#C)c1OCC#C. The Labute approximate surface area is 137 Å². The second-order valence-electron chi connectivity index (χ2n) is 4.27. The highest BCUT2D eigenvalue weighted by atomic mass is 16.5. The van der Waals surface area contributed by atoms with Gasteiger partial charge in [0.2, 0.25) is 0 Å². The number of ether oxygens (including phenoxy) is 3. The van der Waals surface area contributed by atoms with E-state index < -0.39 is 6.10 Å². The summed E-state index contributed by atoms with van der Waals surface area (Å²) < 4.78 is 16.5. The molecule has 4 heteroatoms. The third kappa shape index (κ3) is 5.03. The third-order valence-electron chi connectivity index (χ3n) is 2.80. The van der Waals surface area contributed by atoms with Gasteiger partial charge in [-0.3, -0.25) is 0 Å². The summed E-state index contributed by atoms with van der Waals surface area (Å²) in [6, 6.07) is 3.43. The van der Waals surface area contributed by atoms with E-state index in [4.69, 9.17) is 45.6 Å². The van der Waals surface area contributed by atoms with Crippen LogP contribution in [-0.4, -0.2) is 26.4 Å². The first-order chi connectivity index (χ1) is 11.2. The first kappa shape index (κ1) is 18.0. The smallest absolute Gasteiger partial charge is 0.178 e. The molecule has 116 valence electrons. The molecular weight excluding hydrogens is 290 g/mol. The van der Waals surface area contributed by atoms with Crippen molar-refractivity contribution in [3.05, 3.63) is 23.3 Å². The monoisotopic (exact) mass is 307 g/mol. The lowest BCUT2D eigenvalue weighted by atomic mass is 10.0. The van der Waals surface area contributed by atoms with Crippen LogP contribution in [0.2, 0.25) is 0 Å². The minimum absolute atomic E-state index is 0.0500. The Hall–Kier alpha value is -3.02. The summed E-state index contributed by atoms with van der Waals surface area (Å²) >= 11 is 0. The Bertz CT molecular complexity index is 696. The van der Waals surface area contributed by atoms with Crippen molar-refractivity contribution in [2.75, 3.05) is 26.4 Å². The average molecular weight is 307 g/mol. The number of nitrogens with two attached hydrogens (primary N) is 1. The molecule has 0 saturated heterocycles.